The summed E-state index contributed by atoms with van der Waals surface area (Å²) in [4.78, 5) is 0. The maximum Gasteiger partial charge on any atom is 0.416 e. The molecule has 2 aromatic heterocycles. The second-order valence-corrected chi connectivity index (χ2v) is 6.82. The first-order chi connectivity index (χ1) is 12.8. The molecule has 3 heterocycles. The third kappa shape index (κ3) is 1.93. The molecule has 0 spiro atoms. The summed E-state index contributed by atoms with van der Waals surface area (Å²) in [5.41, 5.74) is 5.91. The summed E-state index contributed by atoms with van der Waals surface area (Å²) in [5.74, 6) is 0. The zero-order valence-corrected chi connectivity index (χ0v) is 14.7. The molecule has 1 aliphatic rings. The van der Waals surface area contributed by atoms with E-state index in [0.717, 1.165) is 0 Å². The zero-order chi connectivity index (χ0) is 17.6. The van der Waals surface area contributed by atoms with Gasteiger partial charge in [-0.25, -0.2) is 0 Å². The van der Waals surface area contributed by atoms with Gasteiger partial charge in [0, 0.05) is 24.3 Å². The van der Waals surface area contributed by atoms with E-state index in [4.69, 9.17) is 0 Å². The SMILES string of the molecule is Cc1ccc(C2([n+]3ccccc3)c3ccccc3-c3cccc[n+]32)cc1. The normalized spacial score (nSPS) is 17.6. The third-order valence-corrected chi connectivity index (χ3v) is 5.33. The van der Waals surface area contributed by atoms with Crippen molar-refractivity contribution in [3.05, 3.63) is 120 Å². The number of aryl methyl sites for hydroxylation is 1. The van der Waals surface area contributed by atoms with Gasteiger partial charge in [-0.3, -0.25) is 0 Å². The number of hydrogen-bond acceptors (Lipinski definition) is 0. The summed E-state index contributed by atoms with van der Waals surface area (Å²) in [7, 11) is 0. The molecular formula is C24H20N2+2. The van der Waals surface area contributed by atoms with E-state index in [1.165, 1.54) is 27.9 Å². The van der Waals surface area contributed by atoms with E-state index in [-0.39, 0.29) is 0 Å². The largest absolute Gasteiger partial charge is 0.416 e. The molecule has 0 saturated carbocycles. The number of pyridine rings is 2. The molecule has 4 aromatic rings. The minimum Gasteiger partial charge on any atom is -0.133 e. The third-order valence-electron chi connectivity index (χ3n) is 5.33. The van der Waals surface area contributed by atoms with Crippen LogP contribution in [0.1, 0.15) is 16.7 Å². The first-order valence-electron chi connectivity index (χ1n) is 8.97. The molecule has 0 amide bonds. The second-order valence-electron chi connectivity index (χ2n) is 6.82. The van der Waals surface area contributed by atoms with Crippen molar-refractivity contribution >= 4 is 0 Å². The average molecular weight is 336 g/mol. The van der Waals surface area contributed by atoms with Gasteiger partial charge in [-0.05, 0) is 37.3 Å². The van der Waals surface area contributed by atoms with Crippen LogP contribution in [-0.4, -0.2) is 0 Å². The molecule has 1 unspecified atom stereocenters. The molecule has 2 aromatic carbocycles. The zero-order valence-electron chi connectivity index (χ0n) is 14.7. The smallest absolute Gasteiger partial charge is 0.133 e. The lowest BCUT2D eigenvalue weighted by Gasteiger charge is -2.21. The predicted octanol–water partition coefficient (Wildman–Crippen LogP) is 3.85. The van der Waals surface area contributed by atoms with Gasteiger partial charge in [-0.1, -0.05) is 35.9 Å². The lowest BCUT2D eigenvalue weighted by atomic mass is 9.89. The van der Waals surface area contributed by atoms with E-state index < -0.39 is 5.66 Å². The number of aromatic nitrogens is 2. The van der Waals surface area contributed by atoms with E-state index >= 15 is 0 Å². The molecule has 124 valence electrons. The average Bonchev–Trinajstić information content (AvgIpc) is 3.01. The van der Waals surface area contributed by atoms with Crippen molar-refractivity contribution in [2.24, 2.45) is 0 Å². The van der Waals surface area contributed by atoms with Crippen molar-refractivity contribution in [1.29, 1.82) is 0 Å². The van der Waals surface area contributed by atoms with Crippen LogP contribution >= 0.6 is 0 Å². The lowest BCUT2D eigenvalue weighted by molar-refractivity contribution is -0.963. The molecule has 0 N–H and O–H groups in total. The van der Waals surface area contributed by atoms with Crippen LogP contribution in [0.5, 0.6) is 0 Å². The molecule has 2 nitrogen and oxygen atoms in total. The highest BCUT2D eigenvalue weighted by atomic mass is 15.3. The summed E-state index contributed by atoms with van der Waals surface area (Å²) in [6, 6.07) is 30.3. The van der Waals surface area contributed by atoms with Gasteiger partial charge < -0.3 is 0 Å². The highest BCUT2D eigenvalue weighted by Crippen LogP contribution is 2.39. The Morgan fingerprint density at radius 3 is 2.15 bits per heavy atom. The van der Waals surface area contributed by atoms with Crippen molar-refractivity contribution in [2.45, 2.75) is 12.6 Å². The number of fused-ring (bicyclic) bond motifs is 3. The fourth-order valence-electron chi connectivity index (χ4n) is 4.19. The van der Waals surface area contributed by atoms with Gasteiger partial charge in [0.05, 0.1) is 5.56 Å². The van der Waals surface area contributed by atoms with Crippen molar-refractivity contribution in [3.8, 4) is 11.3 Å². The van der Waals surface area contributed by atoms with Crippen LogP contribution in [0.3, 0.4) is 0 Å². The summed E-state index contributed by atoms with van der Waals surface area (Å²) < 4.78 is 4.70. The molecular weight excluding hydrogens is 316 g/mol. The summed E-state index contributed by atoms with van der Waals surface area (Å²) in [5, 5.41) is 0. The first-order valence-corrected chi connectivity index (χ1v) is 8.97. The molecule has 1 aliphatic heterocycles. The molecule has 0 saturated heterocycles. The van der Waals surface area contributed by atoms with E-state index in [0.29, 0.717) is 0 Å². The highest BCUT2D eigenvalue weighted by Gasteiger charge is 2.60. The van der Waals surface area contributed by atoms with Crippen LogP contribution in [0.15, 0.2) is 104 Å². The molecule has 0 radical (unpaired) electrons. The fraction of sp³-hybridized carbons (Fsp3) is 0.0833. The Kier molecular flexibility index (Phi) is 3.26. The van der Waals surface area contributed by atoms with Crippen LogP contribution in [0.25, 0.3) is 11.3 Å². The molecule has 1 atom stereocenters. The van der Waals surface area contributed by atoms with Gasteiger partial charge in [0.2, 0.25) is 5.69 Å². The summed E-state index contributed by atoms with van der Waals surface area (Å²) in [6.07, 6.45) is 6.51. The Labute approximate surface area is 153 Å². The number of nitrogens with zero attached hydrogens (tertiary/aromatic N) is 2. The Balaban J connectivity index is 1.96. The Bertz CT molecular complexity index is 1040. The molecule has 0 fully saturated rings. The van der Waals surface area contributed by atoms with Crippen LogP contribution < -0.4 is 9.13 Å². The Hall–Kier alpha value is -3.26. The monoisotopic (exact) mass is 336 g/mol. The second kappa shape index (κ2) is 5.63. The van der Waals surface area contributed by atoms with Gasteiger partial charge in [-0.2, -0.15) is 0 Å². The predicted molar refractivity (Wildman–Crippen MR) is 101 cm³/mol. The van der Waals surface area contributed by atoms with Crippen LogP contribution in [0.4, 0.5) is 0 Å². The van der Waals surface area contributed by atoms with Gasteiger partial charge in [0.15, 0.2) is 18.6 Å². The lowest BCUT2D eigenvalue weighted by Crippen LogP contribution is -2.72. The topological polar surface area (TPSA) is 7.76 Å². The van der Waals surface area contributed by atoms with Crippen molar-refractivity contribution in [3.63, 3.8) is 0 Å². The number of hydrogen-bond donors (Lipinski definition) is 0. The minimum atomic E-state index is -0.428. The van der Waals surface area contributed by atoms with Gasteiger partial charge in [0.1, 0.15) is 11.1 Å². The minimum absolute atomic E-state index is 0.428. The standard InChI is InChI=1S/C24H20N2/c1-19-12-14-20(15-13-19)24(25-16-6-2-7-17-25)22-10-4-3-9-21(22)23-11-5-8-18-26(23)24/h2-18H,1H3/q+2. The quantitative estimate of drug-likeness (QED) is 0.433. The number of rotatable bonds is 2. The van der Waals surface area contributed by atoms with E-state index in [1.54, 1.807) is 0 Å². The van der Waals surface area contributed by atoms with Crippen LogP contribution in [0.2, 0.25) is 0 Å². The molecule has 26 heavy (non-hydrogen) atoms. The van der Waals surface area contributed by atoms with Crippen molar-refractivity contribution in [2.75, 3.05) is 0 Å². The summed E-state index contributed by atoms with van der Waals surface area (Å²) >= 11 is 0. The molecule has 0 aliphatic carbocycles. The van der Waals surface area contributed by atoms with E-state index in [2.05, 4.69) is 120 Å². The molecule has 2 heteroatoms. The fourth-order valence-corrected chi connectivity index (χ4v) is 4.19. The van der Waals surface area contributed by atoms with Gasteiger partial charge in [0.25, 0.3) is 0 Å². The van der Waals surface area contributed by atoms with Gasteiger partial charge >= 0.3 is 5.66 Å². The first kappa shape index (κ1) is 15.0. The van der Waals surface area contributed by atoms with Crippen molar-refractivity contribution in [1.82, 2.24) is 0 Å². The van der Waals surface area contributed by atoms with Gasteiger partial charge in [-0.15, -0.1) is 9.13 Å². The van der Waals surface area contributed by atoms with Crippen LogP contribution in [-0.2, 0) is 5.66 Å². The van der Waals surface area contributed by atoms with Crippen LogP contribution in [0, 0.1) is 6.92 Å². The van der Waals surface area contributed by atoms with E-state index in [1.807, 2.05) is 0 Å². The molecule has 0 bridgehead atoms. The Morgan fingerprint density at radius 2 is 1.35 bits per heavy atom. The number of benzene rings is 2. The maximum atomic E-state index is 2.39. The Morgan fingerprint density at radius 1 is 0.654 bits per heavy atom. The highest BCUT2D eigenvalue weighted by molar-refractivity contribution is 5.66. The van der Waals surface area contributed by atoms with E-state index in [9.17, 15) is 0 Å². The maximum absolute atomic E-state index is 2.39. The van der Waals surface area contributed by atoms with Crippen molar-refractivity contribution < 1.29 is 9.13 Å². The summed E-state index contributed by atoms with van der Waals surface area (Å²) in [6.45, 7) is 2.13. The molecule has 5 rings (SSSR count).